The minimum atomic E-state index is 0.680. The third-order valence-corrected chi connectivity index (χ3v) is 3.68. The lowest BCUT2D eigenvalue weighted by atomic mass is 10.2. The molecule has 0 aliphatic heterocycles. The molecule has 0 radical (unpaired) electrons. The van der Waals surface area contributed by atoms with E-state index in [4.69, 9.17) is 4.74 Å². The van der Waals surface area contributed by atoms with Gasteiger partial charge in [0.05, 0.1) is 12.8 Å². The van der Waals surface area contributed by atoms with Crippen LogP contribution >= 0.6 is 0 Å². The van der Waals surface area contributed by atoms with Crippen molar-refractivity contribution in [2.24, 2.45) is 0 Å². The second-order valence-electron chi connectivity index (χ2n) is 5.58. The van der Waals surface area contributed by atoms with Crippen molar-refractivity contribution in [2.75, 3.05) is 24.3 Å². The summed E-state index contributed by atoms with van der Waals surface area (Å²) in [6.45, 7) is 2.99. The molecule has 128 valence electrons. The first-order valence-electron chi connectivity index (χ1n) is 8.38. The maximum absolute atomic E-state index is 5.41. The number of ether oxygens (including phenoxy) is 1. The fourth-order valence-corrected chi connectivity index (χ4v) is 2.46. The number of nitrogens with one attached hydrogen (secondary N) is 2. The van der Waals surface area contributed by atoms with E-state index in [-0.39, 0.29) is 0 Å². The average Bonchev–Trinajstić information content (AvgIpc) is 2.67. The summed E-state index contributed by atoms with van der Waals surface area (Å²) in [4.78, 5) is 9.30. The number of methoxy groups -OCH3 is 1. The van der Waals surface area contributed by atoms with Crippen molar-refractivity contribution in [3.05, 3.63) is 60.7 Å². The highest BCUT2D eigenvalue weighted by atomic mass is 16.5. The predicted molar refractivity (Wildman–Crippen MR) is 103 cm³/mol. The van der Waals surface area contributed by atoms with Crippen LogP contribution in [0.25, 0.3) is 11.4 Å². The SMILES string of the molecule is CCCNc1cc(Nc2ccccc2OC)nc(-c2ccccc2)n1. The number of aromatic nitrogens is 2. The molecule has 0 saturated heterocycles. The summed E-state index contributed by atoms with van der Waals surface area (Å²) in [6, 6.07) is 19.6. The van der Waals surface area contributed by atoms with Gasteiger partial charge in [-0.05, 0) is 18.6 Å². The molecule has 0 saturated carbocycles. The van der Waals surface area contributed by atoms with E-state index >= 15 is 0 Å². The van der Waals surface area contributed by atoms with E-state index in [0.29, 0.717) is 5.82 Å². The molecule has 1 aromatic heterocycles. The van der Waals surface area contributed by atoms with Gasteiger partial charge in [0.1, 0.15) is 17.4 Å². The molecule has 2 N–H and O–H groups in total. The Morgan fingerprint density at radius 1 is 0.920 bits per heavy atom. The quantitative estimate of drug-likeness (QED) is 0.655. The van der Waals surface area contributed by atoms with Crippen molar-refractivity contribution >= 4 is 17.3 Å². The smallest absolute Gasteiger partial charge is 0.163 e. The number of hydrogen-bond donors (Lipinski definition) is 2. The number of para-hydroxylation sites is 2. The van der Waals surface area contributed by atoms with Gasteiger partial charge in [-0.25, -0.2) is 9.97 Å². The van der Waals surface area contributed by atoms with Crippen LogP contribution < -0.4 is 15.4 Å². The molecule has 3 aromatic rings. The molecule has 1 heterocycles. The Morgan fingerprint density at radius 2 is 1.64 bits per heavy atom. The van der Waals surface area contributed by atoms with Crippen LogP contribution in [0.15, 0.2) is 60.7 Å². The molecule has 0 amide bonds. The van der Waals surface area contributed by atoms with Gasteiger partial charge < -0.3 is 15.4 Å². The summed E-state index contributed by atoms with van der Waals surface area (Å²) >= 11 is 0. The fourth-order valence-electron chi connectivity index (χ4n) is 2.46. The van der Waals surface area contributed by atoms with Crippen molar-refractivity contribution in [2.45, 2.75) is 13.3 Å². The first-order valence-corrected chi connectivity index (χ1v) is 8.38. The lowest BCUT2D eigenvalue weighted by molar-refractivity contribution is 0.417. The fraction of sp³-hybridized carbons (Fsp3) is 0.200. The van der Waals surface area contributed by atoms with Crippen molar-refractivity contribution < 1.29 is 4.74 Å². The molecule has 0 aliphatic rings. The summed E-state index contributed by atoms with van der Waals surface area (Å²) in [5.41, 5.74) is 1.84. The van der Waals surface area contributed by atoms with Gasteiger partial charge in [-0.3, -0.25) is 0 Å². The molecule has 0 aliphatic carbocycles. The second kappa shape index (κ2) is 8.15. The van der Waals surface area contributed by atoms with Gasteiger partial charge in [-0.1, -0.05) is 49.4 Å². The standard InChI is InChI=1S/C20H22N4O/c1-3-13-21-18-14-19(22-16-11-7-8-12-17(16)25-2)24-20(23-18)15-9-5-4-6-10-15/h4-12,14H,3,13H2,1-2H3,(H2,21,22,23,24). The molecule has 0 spiro atoms. The van der Waals surface area contributed by atoms with Gasteiger partial charge in [-0.15, -0.1) is 0 Å². The van der Waals surface area contributed by atoms with Gasteiger partial charge in [0, 0.05) is 18.2 Å². The zero-order valence-corrected chi connectivity index (χ0v) is 14.5. The van der Waals surface area contributed by atoms with Crippen molar-refractivity contribution in [3.63, 3.8) is 0 Å². The second-order valence-corrected chi connectivity index (χ2v) is 5.58. The average molecular weight is 334 g/mol. The van der Waals surface area contributed by atoms with E-state index in [1.165, 1.54) is 0 Å². The Labute approximate surface area is 148 Å². The molecule has 0 unspecified atom stereocenters. The topological polar surface area (TPSA) is 59.1 Å². The maximum Gasteiger partial charge on any atom is 0.163 e. The maximum atomic E-state index is 5.41. The lowest BCUT2D eigenvalue weighted by Gasteiger charge is -2.13. The molecule has 5 heteroatoms. The highest BCUT2D eigenvalue weighted by Crippen LogP contribution is 2.28. The summed E-state index contributed by atoms with van der Waals surface area (Å²) in [5, 5.41) is 6.67. The van der Waals surface area contributed by atoms with E-state index < -0.39 is 0 Å². The highest BCUT2D eigenvalue weighted by Gasteiger charge is 2.09. The van der Waals surface area contributed by atoms with E-state index in [0.717, 1.165) is 41.6 Å². The minimum absolute atomic E-state index is 0.680. The van der Waals surface area contributed by atoms with E-state index in [2.05, 4.69) is 27.5 Å². The molecule has 0 fully saturated rings. The van der Waals surface area contributed by atoms with Gasteiger partial charge in [0.25, 0.3) is 0 Å². The Morgan fingerprint density at radius 3 is 2.40 bits per heavy atom. The Hall–Kier alpha value is -3.08. The highest BCUT2D eigenvalue weighted by molar-refractivity contribution is 5.68. The molecular weight excluding hydrogens is 312 g/mol. The molecule has 5 nitrogen and oxygen atoms in total. The summed E-state index contributed by atoms with van der Waals surface area (Å²) in [6.07, 6.45) is 1.03. The van der Waals surface area contributed by atoms with Crippen LogP contribution in [0.1, 0.15) is 13.3 Å². The first-order chi connectivity index (χ1) is 12.3. The van der Waals surface area contributed by atoms with Crippen molar-refractivity contribution in [1.29, 1.82) is 0 Å². The van der Waals surface area contributed by atoms with Gasteiger partial charge in [-0.2, -0.15) is 0 Å². The number of rotatable bonds is 7. The Balaban J connectivity index is 1.97. The van der Waals surface area contributed by atoms with Gasteiger partial charge in [0.2, 0.25) is 0 Å². The van der Waals surface area contributed by atoms with E-state index in [1.54, 1.807) is 7.11 Å². The Bertz CT molecular complexity index is 821. The lowest BCUT2D eigenvalue weighted by Crippen LogP contribution is -2.06. The van der Waals surface area contributed by atoms with Crippen LogP contribution in [-0.2, 0) is 0 Å². The predicted octanol–water partition coefficient (Wildman–Crippen LogP) is 4.72. The van der Waals surface area contributed by atoms with Crippen LogP contribution in [0.3, 0.4) is 0 Å². The van der Waals surface area contributed by atoms with Gasteiger partial charge >= 0.3 is 0 Å². The van der Waals surface area contributed by atoms with Gasteiger partial charge in [0.15, 0.2) is 5.82 Å². The number of hydrogen-bond acceptors (Lipinski definition) is 5. The molecule has 0 atom stereocenters. The molecule has 25 heavy (non-hydrogen) atoms. The largest absolute Gasteiger partial charge is 0.495 e. The molecule has 2 aromatic carbocycles. The molecular formula is C20H22N4O. The van der Waals surface area contributed by atoms with Crippen LogP contribution in [0.5, 0.6) is 5.75 Å². The Kier molecular flexibility index (Phi) is 5.46. The van der Waals surface area contributed by atoms with Crippen LogP contribution in [-0.4, -0.2) is 23.6 Å². The van der Waals surface area contributed by atoms with E-state index in [9.17, 15) is 0 Å². The first kappa shape index (κ1) is 16.8. The number of anilines is 3. The third-order valence-electron chi connectivity index (χ3n) is 3.68. The molecule has 0 bridgehead atoms. The summed E-state index contributed by atoms with van der Waals surface area (Å²) < 4.78 is 5.41. The van der Waals surface area contributed by atoms with E-state index in [1.807, 2.05) is 60.7 Å². The molecule has 3 rings (SSSR count). The van der Waals surface area contributed by atoms with Crippen LogP contribution in [0, 0.1) is 0 Å². The van der Waals surface area contributed by atoms with Crippen LogP contribution in [0.2, 0.25) is 0 Å². The van der Waals surface area contributed by atoms with Crippen LogP contribution in [0.4, 0.5) is 17.3 Å². The zero-order chi connectivity index (χ0) is 17.5. The number of benzene rings is 2. The monoisotopic (exact) mass is 334 g/mol. The minimum Gasteiger partial charge on any atom is -0.495 e. The summed E-state index contributed by atoms with van der Waals surface area (Å²) in [7, 11) is 1.66. The summed E-state index contributed by atoms with van der Waals surface area (Å²) in [5.74, 6) is 2.97. The number of nitrogens with zero attached hydrogens (tertiary/aromatic N) is 2. The zero-order valence-electron chi connectivity index (χ0n) is 14.5. The van der Waals surface area contributed by atoms with Crippen molar-refractivity contribution in [1.82, 2.24) is 9.97 Å². The normalized spacial score (nSPS) is 10.3. The van der Waals surface area contributed by atoms with Crippen molar-refractivity contribution in [3.8, 4) is 17.1 Å². The third kappa shape index (κ3) is 4.26.